The lowest BCUT2D eigenvalue weighted by molar-refractivity contribution is -0.134. The molecule has 3 aromatic rings. The van der Waals surface area contributed by atoms with Gasteiger partial charge in [-0.15, -0.1) is 0 Å². The largest absolute Gasteiger partial charge is 0.495 e. The normalized spacial score (nSPS) is 25.8. The van der Waals surface area contributed by atoms with Crippen molar-refractivity contribution in [3.8, 4) is 5.75 Å². The third-order valence-electron chi connectivity index (χ3n) is 12.9. The summed E-state index contributed by atoms with van der Waals surface area (Å²) < 4.78 is 21.2. The highest BCUT2D eigenvalue weighted by Crippen LogP contribution is 2.38. The van der Waals surface area contributed by atoms with Crippen LogP contribution in [0, 0.1) is 12.8 Å². The molecular formula is C41H58BN5O5. The van der Waals surface area contributed by atoms with E-state index >= 15 is 0 Å². The van der Waals surface area contributed by atoms with Crippen LogP contribution in [0.3, 0.4) is 0 Å². The summed E-state index contributed by atoms with van der Waals surface area (Å²) in [6.07, 6.45) is 9.67. The Balaban J connectivity index is 0.838. The lowest BCUT2D eigenvalue weighted by atomic mass is 9.76. The van der Waals surface area contributed by atoms with Crippen LogP contribution in [0.25, 0.3) is 10.9 Å². The molecule has 3 saturated heterocycles. The van der Waals surface area contributed by atoms with E-state index in [9.17, 15) is 9.59 Å². The molecule has 0 radical (unpaired) electrons. The monoisotopic (exact) mass is 711 g/mol. The first-order valence-corrected chi connectivity index (χ1v) is 19.7. The summed E-state index contributed by atoms with van der Waals surface area (Å²) in [7, 11) is 1.56. The summed E-state index contributed by atoms with van der Waals surface area (Å²) in [5.41, 5.74) is 4.45. The first-order chi connectivity index (χ1) is 24.8. The molecule has 0 bridgehead atoms. The fraction of sp³-hybridized carbons (Fsp3) is 0.634. The second kappa shape index (κ2) is 14.8. The van der Waals surface area contributed by atoms with Crippen molar-refractivity contribution in [2.45, 2.75) is 129 Å². The smallest absolute Gasteiger partial charge is 0.490 e. The molecule has 4 heterocycles. The molecule has 11 heteroatoms. The van der Waals surface area contributed by atoms with Crippen LogP contribution >= 0.6 is 0 Å². The molecule has 280 valence electrons. The molecule has 2 aromatic carbocycles. The highest BCUT2D eigenvalue weighted by molar-refractivity contribution is 6.62. The molecule has 10 nitrogen and oxygen atoms in total. The number of hydrogen-bond donors (Lipinski definition) is 1. The summed E-state index contributed by atoms with van der Waals surface area (Å²) >= 11 is 0. The molecule has 7 rings (SSSR count). The number of carbonyl (C=O) groups is 2. The van der Waals surface area contributed by atoms with Crippen LogP contribution in [-0.4, -0.2) is 83.1 Å². The fourth-order valence-corrected chi connectivity index (χ4v) is 8.69. The van der Waals surface area contributed by atoms with Crippen molar-refractivity contribution in [3.63, 3.8) is 0 Å². The number of imide groups is 1. The van der Waals surface area contributed by atoms with Gasteiger partial charge < -0.3 is 18.9 Å². The molecule has 2 atom stereocenters. The van der Waals surface area contributed by atoms with Gasteiger partial charge in [-0.25, -0.2) is 0 Å². The first kappa shape index (κ1) is 36.9. The Kier molecular flexibility index (Phi) is 10.5. The fourth-order valence-electron chi connectivity index (χ4n) is 8.69. The van der Waals surface area contributed by atoms with E-state index in [0.29, 0.717) is 18.9 Å². The Hall–Kier alpha value is -3.41. The molecule has 3 aliphatic heterocycles. The molecule has 1 aromatic heterocycles. The summed E-state index contributed by atoms with van der Waals surface area (Å²) in [5, 5.41) is 8.19. The zero-order chi connectivity index (χ0) is 36.8. The number of hydrogen-bond acceptors (Lipinski definition) is 8. The van der Waals surface area contributed by atoms with Crippen LogP contribution in [0.5, 0.6) is 5.75 Å². The van der Waals surface area contributed by atoms with E-state index in [4.69, 9.17) is 19.1 Å². The Morgan fingerprint density at radius 1 is 0.981 bits per heavy atom. The van der Waals surface area contributed by atoms with Crippen LogP contribution in [-0.2, 0) is 25.9 Å². The minimum atomic E-state index is -0.381. The molecule has 1 aliphatic carbocycles. The number of piperazine rings is 1. The van der Waals surface area contributed by atoms with Crippen LogP contribution < -0.4 is 20.4 Å². The number of nitrogens with one attached hydrogen (secondary N) is 1. The van der Waals surface area contributed by atoms with Gasteiger partial charge in [0.05, 0.1) is 34.4 Å². The standard InChI is InChI=1S/C41H58BN5O5/c1-27(46-22-24-47(25-23-46)30-16-19-32-35(26-30)45(7)44-38(32)33-20-21-37(48)43-39(33)49)10-8-11-29-14-17-31(18-15-29)50-36-13-9-12-34(28(36)2)42-51-40(3,4)41(5,6)52-42/h9,12-13,16,19,26-27,29,31,33H,8,10-11,14-15,17-18,20-25H2,1-7H3,(H,43,48,49)/t27-,29-,31-,33-/m1/s1. The lowest BCUT2D eigenvalue weighted by Gasteiger charge is -2.39. The number of fused-ring (bicyclic) bond motifs is 1. The first-order valence-electron chi connectivity index (χ1n) is 19.7. The number of nitrogens with zero attached hydrogens (tertiary/aromatic N) is 4. The highest BCUT2D eigenvalue weighted by Gasteiger charge is 2.52. The Morgan fingerprint density at radius 2 is 1.69 bits per heavy atom. The van der Waals surface area contributed by atoms with Gasteiger partial charge in [-0.3, -0.25) is 24.5 Å². The van der Waals surface area contributed by atoms with Crippen LogP contribution in [0.1, 0.15) is 110 Å². The topological polar surface area (TPSA) is 98.2 Å². The third-order valence-corrected chi connectivity index (χ3v) is 12.9. The van der Waals surface area contributed by atoms with Crippen molar-refractivity contribution >= 4 is 41.0 Å². The number of benzene rings is 2. The number of carbonyl (C=O) groups excluding carboxylic acids is 2. The van der Waals surface area contributed by atoms with Gasteiger partial charge in [0, 0.05) is 56.8 Å². The molecule has 52 heavy (non-hydrogen) atoms. The average Bonchev–Trinajstić information content (AvgIpc) is 3.55. The maximum Gasteiger partial charge on any atom is 0.495 e. The number of anilines is 1. The van der Waals surface area contributed by atoms with Gasteiger partial charge in [-0.2, -0.15) is 5.10 Å². The van der Waals surface area contributed by atoms with Gasteiger partial charge in [0.25, 0.3) is 0 Å². The second-order valence-corrected chi connectivity index (χ2v) is 16.8. The molecule has 1 N–H and O–H groups in total. The quantitative estimate of drug-likeness (QED) is 0.202. The van der Waals surface area contributed by atoms with E-state index in [2.05, 4.69) is 93.1 Å². The predicted octanol–water partition coefficient (Wildman–Crippen LogP) is 6.02. The molecule has 4 aliphatic rings. The van der Waals surface area contributed by atoms with Crippen molar-refractivity contribution in [3.05, 3.63) is 47.7 Å². The molecule has 0 unspecified atom stereocenters. The van der Waals surface area contributed by atoms with E-state index in [0.717, 1.165) is 78.3 Å². The minimum absolute atomic E-state index is 0.199. The maximum atomic E-state index is 12.5. The van der Waals surface area contributed by atoms with Crippen molar-refractivity contribution in [1.29, 1.82) is 0 Å². The summed E-state index contributed by atoms with van der Waals surface area (Å²) in [5.74, 6) is 0.930. The molecule has 2 amide bonds. The Labute approximate surface area is 310 Å². The number of ether oxygens (including phenoxy) is 1. The number of aryl methyl sites for hydroxylation is 1. The summed E-state index contributed by atoms with van der Waals surface area (Å²) in [6.45, 7) is 17.0. The zero-order valence-electron chi connectivity index (χ0n) is 32.4. The zero-order valence-corrected chi connectivity index (χ0v) is 32.4. The summed E-state index contributed by atoms with van der Waals surface area (Å²) in [4.78, 5) is 29.3. The van der Waals surface area contributed by atoms with Crippen LogP contribution in [0.2, 0.25) is 0 Å². The number of amides is 2. The van der Waals surface area contributed by atoms with Crippen LogP contribution in [0.4, 0.5) is 5.69 Å². The van der Waals surface area contributed by atoms with E-state index in [-0.39, 0.29) is 42.2 Å². The van der Waals surface area contributed by atoms with Gasteiger partial charge in [0.1, 0.15) is 5.75 Å². The molecule has 0 spiro atoms. The highest BCUT2D eigenvalue weighted by atomic mass is 16.7. The minimum Gasteiger partial charge on any atom is -0.490 e. The third kappa shape index (κ3) is 7.51. The van der Waals surface area contributed by atoms with E-state index in [1.807, 2.05) is 11.7 Å². The van der Waals surface area contributed by atoms with Crippen molar-refractivity contribution in [2.75, 3.05) is 31.1 Å². The SMILES string of the molecule is Cc1c(O[C@H]2CC[C@H](CCC[C@@H](C)N3CCN(c4ccc5c([C@H]6CCC(=O)NC6=O)nn(C)c5c4)CC3)CC2)cccc1B1OC(C)(C)C(C)(C)O1. The Bertz CT molecular complexity index is 1760. The van der Waals surface area contributed by atoms with E-state index in [1.165, 1.54) is 37.8 Å². The number of rotatable bonds is 10. The number of piperidine rings is 1. The van der Waals surface area contributed by atoms with Gasteiger partial charge >= 0.3 is 7.12 Å². The second-order valence-electron chi connectivity index (χ2n) is 16.8. The Morgan fingerprint density at radius 3 is 2.38 bits per heavy atom. The van der Waals surface area contributed by atoms with Crippen molar-refractivity contribution in [1.82, 2.24) is 20.0 Å². The van der Waals surface area contributed by atoms with E-state index in [1.54, 1.807) is 0 Å². The van der Waals surface area contributed by atoms with Gasteiger partial charge in [0.15, 0.2) is 0 Å². The lowest BCUT2D eigenvalue weighted by Crippen LogP contribution is -2.49. The van der Waals surface area contributed by atoms with Gasteiger partial charge in [0.2, 0.25) is 11.8 Å². The summed E-state index contributed by atoms with van der Waals surface area (Å²) in [6, 6.07) is 13.3. The average molecular weight is 712 g/mol. The maximum absolute atomic E-state index is 12.5. The van der Waals surface area contributed by atoms with Crippen LogP contribution in [0.15, 0.2) is 36.4 Å². The van der Waals surface area contributed by atoms with Crippen molar-refractivity contribution in [2.24, 2.45) is 13.0 Å². The molecule has 1 saturated carbocycles. The molecule has 4 fully saturated rings. The van der Waals surface area contributed by atoms with Crippen molar-refractivity contribution < 1.29 is 23.6 Å². The molecular weight excluding hydrogens is 653 g/mol. The number of aromatic nitrogens is 2. The van der Waals surface area contributed by atoms with Gasteiger partial charge in [-0.1, -0.05) is 25.0 Å². The van der Waals surface area contributed by atoms with Gasteiger partial charge in [-0.05, 0) is 121 Å². The van der Waals surface area contributed by atoms with E-state index < -0.39 is 0 Å². The predicted molar refractivity (Wildman–Crippen MR) is 206 cm³/mol.